The Kier molecular flexibility index (Phi) is 5.83. The Morgan fingerprint density at radius 3 is 2.36 bits per heavy atom. The summed E-state index contributed by atoms with van der Waals surface area (Å²) in [6.45, 7) is 0. The molecule has 0 fully saturated rings. The van der Waals surface area contributed by atoms with Crippen molar-refractivity contribution in [1.29, 1.82) is 5.26 Å². The average molecular weight is 364 g/mol. The lowest BCUT2D eigenvalue weighted by atomic mass is 10.1. The fourth-order valence-electron chi connectivity index (χ4n) is 2.13. The standard InChI is InChI=1S/C17H14F2N2O3S/c18-17(19)25(23,24)15-4-2-1-3-14(15)21-16(22)10-9-12-5-7-13(11-20)8-6-12/h1-8,17H,9-10H2,(H,21,22). The molecule has 0 aromatic heterocycles. The zero-order valence-electron chi connectivity index (χ0n) is 12.9. The van der Waals surface area contributed by atoms with E-state index in [0.29, 0.717) is 12.0 Å². The number of anilines is 1. The number of hydrogen-bond donors (Lipinski definition) is 1. The number of benzene rings is 2. The van der Waals surface area contributed by atoms with Crippen molar-refractivity contribution in [3.63, 3.8) is 0 Å². The Morgan fingerprint density at radius 2 is 1.76 bits per heavy atom. The van der Waals surface area contributed by atoms with Crippen molar-refractivity contribution in [2.24, 2.45) is 0 Å². The van der Waals surface area contributed by atoms with Crippen molar-refractivity contribution in [3.8, 4) is 6.07 Å². The van der Waals surface area contributed by atoms with Gasteiger partial charge in [0.25, 0.3) is 0 Å². The second-order valence-electron chi connectivity index (χ2n) is 5.16. The van der Waals surface area contributed by atoms with E-state index in [1.165, 1.54) is 18.2 Å². The van der Waals surface area contributed by atoms with Crippen molar-refractivity contribution in [1.82, 2.24) is 0 Å². The Bertz CT molecular complexity index is 904. The van der Waals surface area contributed by atoms with Crippen LogP contribution >= 0.6 is 0 Å². The van der Waals surface area contributed by atoms with Gasteiger partial charge in [-0.1, -0.05) is 24.3 Å². The molecule has 2 aromatic carbocycles. The second kappa shape index (κ2) is 7.85. The number of carbonyl (C=O) groups excluding carboxylic acids is 1. The van der Waals surface area contributed by atoms with E-state index in [0.717, 1.165) is 11.6 Å². The van der Waals surface area contributed by atoms with Crippen molar-refractivity contribution < 1.29 is 22.0 Å². The molecule has 1 N–H and O–H groups in total. The Hall–Kier alpha value is -2.79. The van der Waals surface area contributed by atoms with Gasteiger partial charge in [0.2, 0.25) is 15.7 Å². The number of carbonyl (C=O) groups is 1. The van der Waals surface area contributed by atoms with Crippen molar-refractivity contribution in [2.45, 2.75) is 23.5 Å². The largest absolute Gasteiger partial charge is 0.341 e. The highest BCUT2D eigenvalue weighted by atomic mass is 32.2. The SMILES string of the molecule is N#Cc1ccc(CCC(=O)Nc2ccccc2S(=O)(=O)C(F)F)cc1. The summed E-state index contributed by atoms with van der Waals surface area (Å²) in [6, 6.07) is 13.7. The third kappa shape index (κ3) is 4.61. The molecule has 2 rings (SSSR count). The van der Waals surface area contributed by atoms with E-state index in [4.69, 9.17) is 5.26 Å². The number of para-hydroxylation sites is 1. The van der Waals surface area contributed by atoms with Crippen LogP contribution in [0.1, 0.15) is 17.5 Å². The summed E-state index contributed by atoms with van der Waals surface area (Å²) in [6.07, 6.45) is 0.399. The molecule has 0 saturated heterocycles. The lowest BCUT2D eigenvalue weighted by molar-refractivity contribution is -0.116. The van der Waals surface area contributed by atoms with E-state index in [2.05, 4.69) is 5.32 Å². The molecule has 2 aromatic rings. The molecular formula is C17H14F2N2O3S. The fourth-order valence-corrected chi connectivity index (χ4v) is 3.02. The summed E-state index contributed by atoms with van der Waals surface area (Å²) < 4.78 is 48.7. The van der Waals surface area contributed by atoms with Crippen LogP contribution in [0.25, 0.3) is 0 Å². The third-order valence-electron chi connectivity index (χ3n) is 3.43. The van der Waals surface area contributed by atoms with E-state index in [1.807, 2.05) is 6.07 Å². The molecule has 0 unspecified atom stereocenters. The molecule has 0 spiro atoms. The maximum Gasteiger partial charge on any atom is 0.341 e. The molecule has 1 amide bonds. The zero-order valence-corrected chi connectivity index (χ0v) is 13.8. The minimum Gasteiger partial charge on any atom is -0.325 e. The van der Waals surface area contributed by atoms with E-state index in [-0.39, 0.29) is 12.1 Å². The van der Waals surface area contributed by atoms with Crippen molar-refractivity contribution >= 4 is 21.4 Å². The number of halogens is 2. The predicted octanol–water partition coefficient (Wildman–Crippen LogP) is 3.13. The van der Waals surface area contributed by atoms with Crippen LogP contribution < -0.4 is 5.32 Å². The first kappa shape index (κ1) is 18.5. The van der Waals surface area contributed by atoms with Crippen LogP contribution in [0.2, 0.25) is 0 Å². The Morgan fingerprint density at radius 1 is 1.12 bits per heavy atom. The highest BCUT2D eigenvalue weighted by molar-refractivity contribution is 7.91. The number of aryl methyl sites for hydroxylation is 1. The van der Waals surface area contributed by atoms with Gasteiger partial charge in [-0.3, -0.25) is 4.79 Å². The summed E-state index contributed by atoms with van der Waals surface area (Å²) >= 11 is 0. The molecule has 0 saturated carbocycles. The summed E-state index contributed by atoms with van der Waals surface area (Å²) in [4.78, 5) is 11.4. The summed E-state index contributed by atoms with van der Waals surface area (Å²) in [5.74, 6) is -4.06. The number of sulfone groups is 1. The van der Waals surface area contributed by atoms with Crippen molar-refractivity contribution in [2.75, 3.05) is 5.32 Å². The lowest BCUT2D eigenvalue weighted by Crippen LogP contribution is -2.18. The molecular weight excluding hydrogens is 350 g/mol. The summed E-state index contributed by atoms with van der Waals surface area (Å²) in [5, 5.41) is 11.1. The minimum atomic E-state index is -4.81. The van der Waals surface area contributed by atoms with Crippen LogP contribution in [0.4, 0.5) is 14.5 Å². The Balaban J connectivity index is 2.07. The molecule has 130 valence electrons. The highest BCUT2D eigenvalue weighted by Crippen LogP contribution is 2.26. The number of alkyl halides is 2. The normalized spacial score (nSPS) is 11.1. The van der Waals surface area contributed by atoms with Crippen LogP contribution in [-0.2, 0) is 21.1 Å². The number of nitrogens with one attached hydrogen (secondary N) is 1. The van der Waals surface area contributed by atoms with Gasteiger partial charge in [-0.25, -0.2) is 8.42 Å². The Labute approximate surface area is 143 Å². The van der Waals surface area contributed by atoms with Crippen LogP contribution in [0.15, 0.2) is 53.4 Å². The van der Waals surface area contributed by atoms with E-state index in [1.54, 1.807) is 24.3 Å². The fraction of sp³-hybridized carbons (Fsp3) is 0.176. The first-order chi connectivity index (χ1) is 11.8. The molecule has 0 aliphatic carbocycles. The zero-order chi connectivity index (χ0) is 18.4. The third-order valence-corrected chi connectivity index (χ3v) is 4.86. The number of nitriles is 1. The van der Waals surface area contributed by atoms with Gasteiger partial charge in [0.15, 0.2) is 0 Å². The van der Waals surface area contributed by atoms with Crippen molar-refractivity contribution in [3.05, 3.63) is 59.7 Å². The lowest BCUT2D eigenvalue weighted by Gasteiger charge is -2.11. The van der Waals surface area contributed by atoms with Gasteiger partial charge in [-0.2, -0.15) is 14.0 Å². The molecule has 0 aliphatic heterocycles. The quantitative estimate of drug-likeness (QED) is 0.853. The topological polar surface area (TPSA) is 87.0 Å². The monoisotopic (exact) mass is 364 g/mol. The highest BCUT2D eigenvalue weighted by Gasteiger charge is 2.29. The number of amides is 1. The molecule has 0 aliphatic rings. The molecule has 0 bridgehead atoms. The molecule has 5 nitrogen and oxygen atoms in total. The van der Waals surface area contributed by atoms with Gasteiger partial charge in [0, 0.05) is 6.42 Å². The molecule has 0 heterocycles. The minimum absolute atomic E-state index is 0.0367. The molecule has 0 radical (unpaired) electrons. The first-order valence-electron chi connectivity index (χ1n) is 7.24. The summed E-state index contributed by atoms with van der Waals surface area (Å²) in [5.41, 5.74) is 1.15. The maximum absolute atomic E-state index is 12.7. The number of nitrogens with zero attached hydrogens (tertiary/aromatic N) is 1. The van der Waals surface area contributed by atoms with Crippen LogP contribution in [0, 0.1) is 11.3 Å². The maximum atomic E-state index is 12.7. The average Bonchev–Trinajstić information content (AvgIpc) is 2.60. The van der Waals surface area contributed by atoms with Crippen LogP contribution in [0.3, 0.4) is 0 Å². The smallest absolute Gasteiger partial charge is 0.325 e. The van der Waals surface area contributed by atoms with Gasteiger partial charge in [-0.15, -0.1) is 0 Å². The number of hydrogen-bond acceptors (Lipinski definition) is 4. The predicted molar refractivity (Wildman–Crippen MR) is 87.7 cm³/mol. The van der Waals surface area contributed by atoms with Crippen LogP contribution in [-0.4, -0.2) is 20.1 Å². The van der Waals surface area contributed by atoms with Gasteiger partial charge >= 0.3 is 5.76 Å². The number of rotatable bonds is 6. The molecule has 8 heteroatoms. The van der Waals surface area contributed by atoms with Gasteiger partial charge in [0.05, 0.1) is 22.2 Å². The van der Waals surface area contributed by atoms with E-state index < -0.39 is 26.4 Å². The first-order valence-corrected chi connectivity index (χ1v) is 8.79. The summed E-state index contributed by atoms with van der Waals surface area (Å²) in [7, 11) is -4.81. The molecule has 25 heavy (non-hydrogen) atoms. The van der Waals surface area contributed by atoms with E-state index >= 15 is 0 Å². The molecule has 0 atom stereocenters. The van der Waals surface area contributed by atoms with Gasteiger partial charge in [0.1, 0.15) is 0 Å². The van der Waals surface area contributed by atoms with E-state index in [9.17, 15) is 22.0 Å². The van der Waals surface area contributed by atoms with Gasteiger partial charge in [-0.05, 0) is 36.2 Å². The second-order valence-corrected chi connectivity index (χ2v) is 7.04. The van der Waals surface area contributed by atoms with Gasteiger partial charge < -0.3 is 5.32 Å². The van der Waals surface area contributed by atoms with Crippen LogP contribution in [0.5, 0.6) is 0 Å².